The van der Waals surface area contributed by atoms with Crippen LogP contribution >= 0.6 is 11.6 Å². The van der Waals surface area contributed by atoms with Crippen LogP contribution in [0.4, 0.5) is 0 Å². The second-order valence-electron chi connectivity index (χ2n) is 6.61. The molecule has 1 aliphatic rings. The van der Waals surface area contributed by atoms with Gasteiger partial charge in [0, 0.05) is 12.1 Å². The summed E-state index contributed by atoms with van der Waals surface area (Å²) in [5.74, 6) is -1.33. The number of hydrogen-bond donors (Lipinski definition) is 1. The van der Waals surface area contributed by atoms with Gasteiger partial charge < -0.3 is 19.2 Å². The highest BCUT2D eigenvalue weighted by Crippen LogP contribution is 2.43. The standard InChI is InChI=1S/C16H20ClN3O3/c1-9-10(7-21)6-12(23-16(2,3)22)13(9)20-5-4-11-14(17)18-8-19-15(11)20/h4-5,7-10,12-13,22H,6H2,1-3H3/t9-,10?,12+,13?/m0/s1. The highest BCUT2D eigenvalue weighted by atomic mass is 35.5. The van der Waals surface area contributed by atoms with Gasteiger partial charge in [-0.1, -0.05) is 18.5 Å². The smallest absolute Gasteiger partial charge is 0.160 e. The first-order valence-corrected chi connectivity index (χ1v) is 8.02. The SMILES string of the molecule is C[C@H]1C(C=O)C[C@@H](OC(C)(C)O)C1n1ccc2c(Cl)ncnc21. The summed E-state index contributed by atoms with van der Waals surface area (Å²) in [6.45, 7) is 5.21. The van der Waals surface area contributed by atoms with Crippen molar-refractivity contribution in [1.29, 1.82) is 0 Å². The van der Waals surface area contributed by atoms with Crippen LogP contribution in [0.5, 0.6) is 0 Å². The van der Waals surface area contributed by atoms with Crippen LogP contribution in [0.3, 0.4) is 0 Å². The molecular formula is C16H20ClN3O3. The Kier molecular flexibility index (Phi) is 4.16. The zero-order valence-electron chi connectivity index (χ0n) is 13.3. The van der Waals surface area contributed by atoms with Gasteiger partial charge in [0.2, 0.25) is 0 Å². The minimum atomic E-state index is -1.27. The highest BCUT2D eigenvalue weighted by molar-refractivity contribution is 6.33. The number of ether oxygens (including phenoxy) is 1. The van der Waals surface area contributed by atoms with E-state index in [4.69, 9.17) is 16.3 Å². The summed E-state index contributed by atoms with van der Waals surface area (Å²) in [4.78, 5) is 19.7. The second kappa shape index (κ2) is 5.85. The lowest BCUT2D eigenvalue weighted by Gasteiger charge is -2.30. The van der Waals surface area contributed by atoms with Crippen molar-refractivity contribution < 1.29 is 14.6 Å². The molecule has 23 heavy (non-hydrogen) atoms. The average Bonchev–Trinajstić information content (AvgIpc) is 2.99. The number of halogens is 1. The number of aromatic nitrogens is 3. The first-order chi connectivity index (χ1) is 10.8. The van der Waals surface area contributed by atoms with Crippen LogP contribution in [-0.2, 0) is 9.53 Å². The van der Waals surface area contributed by atoms with E-state index in [1.807, 2.05) is 23.8 Å². The molecule has 2 aromatic heterocycles. The molecule has 6 nitrogen and oxygen atoms in total. The maximum absolute atomic E-state index is 11.4. The Hall–Kier alpha value is -1.50. The molecule has 124 valence electrons. The van der Waals surface area contributed by atoms with Crippen molar-refractivity contribution in [3.63, 3.8) is 0 Å². The van der Waals surface area contributed by atoms with Crippen molar-refractivity contribution in [1.82, 2.24) is 14.5 Å². The number of hydrogen-bond acceptors (Lipinski definition) is 5. The molecule has 0 aromatic carbocycles. The Morgan fingerprint density at radius 2 is 2.22 bits per heavy atom. The fourth-order valence-electron chi connectivity index (χ4n) is 3.50. The number of aldehydes is 1. The van der Waals surface area contributed by atoms with Gasteiger partial charge in [0.15, 0.2) is 5.79 Å². The number of rotatable bonds is 4. The van der Waals surface area contributed by atoms with Crippen LogP contribution in [0.1, 0.15) is 33.2 Å². The van der Waals surface area contributed by atoms with Gasteiger partial charge in [-0.05, 0) is 32.3 Å². The zero-order valence-corrected chi connectivity index (χ0v) is 14.1. The van der Waals surface area contributed by atoms with Gasteiger partial charge in [-0.2, -0.15) is 0 Å². The van der Waals surface area contributed by atoms with E-state index in [-0.39, 0.29) is 24.0 Å². The Bertz CT molecular complexity index is 725. The van der Waals surface area contributed by atoms with Crippen LogP contribution in [0.25, 0.3) is 11.0 Å². The van der Waals surface area contributed by atoms with Crippen molar-refractivity contribution in [2.45, 2.75) is 45.1 Å². The van der Waals surface area contributed by atoms with Crippen LogP contribution in [0, 0.1) is 11.8 Å². The van der Waals surface area contributed by atoms with Crippen molar-refractivity contribution in [3.8, 4) is 0 Å². The lowest BCUT2D eigenvalue weighted by molar-refractivity contribution is -0.211. The average molecular weight is 338 g/mol. The van der Waals surface area contributed by atoms with E-state index in [9.17, 15) is 9.90 Å². The normalized spacial score (nSPS) is 28.4. The molecule has 0 amide bonds. The summed E-state index contributed by atoms with van der Waals surface area (Å²) in [5, 5.41) is 11.2. The van der Waals surface area contributed by atoms with E-state index in [2.05, 4.69) is 9.97 Å². The molecule has 0 spiro atoms. The number of nitrogens with zero attached hydrogens (tertiary/aromatic N) is 3. The maximum atomic E-state index is 11.4. The molecule has 1 aliphatic carbocycles. The van der Waals surface area contributed by atoms with Gasteiger partial charge in [0.25, 0.3) is 0 Å². The van der Waals surface area contributed by atoms with E-state index in [0.29, 0.717) is 17.2 Å². The van der Waals surface area contributed by atoms with E-state index in [1.165, 1.54) is 6.33 Å². The number of carbonyl (C=O) groups excluding carboxylic acids is 1. The molecule has 2 unspecified atom stereocenters. The van der Waals surface area contributed by atoms with Crippen LogP contribution in [0.2, 0.25) is 5.15 Å². The van der Waals surface area contributed by atoms with Crippen LogP contribution in [-0.4, -0.2) is 37.8 Å². The van der Waals surface area contributed by atoms with Crippen LogP contribution < -0.4 is 0 Å². The Balaban J connectivity index is 2.05. The summed E-state index contributed by atoms with van der Waals surface area (Å²) in [7, 11) is 0. The van der Waals surface area contributed by atoms with Gasteiger partial charge in [0.1, 0.15) is 23.4 Å². The number of aliphatic hydroxyl groups is 1. The van der Waals surface area contributed by atoms with Crippen LogP contribution in [0.15, 0.2) is 18.6 Å². The second-order valence-corrected chi connectivity index (χ2v) is 6.97. The molecule has 3 rings (SSSR count). The largest absolute Gasteiger partial charge is 0.366 e. The summed E-state index contributed by atoms with van der Waals surface area (Å²) >= 11 is 6.12. The lowest BCUT2D eigenvalue weighted by atomic mass is 9.97. The zero-order chi connectivity index (χ0) is 16.8. The molecule has 0 saturated heterocycles. The lowest BCUT2D eigenvalue weighted by Crippen LogP contribution is -2.34. The van der Waals surface area contributed by atoms with Crippen molar-refractivity contribution >= 4 is 28.9 Å². The minimum absolute atomic E-state index is 0.0594. The van der Waals surface area contributed by atoms with Crippen molar-refractivity contribution in [2.75, 3.05) is 0 Å². The molecule has 0 bridgehead atoms. The van der Waals surface area contributed by atoms with E-state index >= 15 is 0 Å². The molecule has 4 atom stereocenters. The summed E-state index contributed by atoms with van der Waals surface area (Å²) in [6.07, 6.45) is 4.56. The monoisotopic (exact) mass is 337 g/mol. The van der Waals surface area contributed by atoms with Gasteiger partial charge in [0.05, 0.1) is 17.5 Å². The molecule has 1 fully saturated rings. The third-order valence-corrected chi connectivity index (χ3v) is 4.80. The topological polar surface area (TPSA) is 77.2 Å². The van der Waals surface area contributed by atoms with E-state index in [0.717, 1.165) is 11.7 Å². The molecule has 2 heterocycles. The molecule has 7 heteroatoms. The van der Waals surface area contributed by atoms with Gasteiger partial charge in [-0.3, -0.25) is 0 Å². The quantitative estimate of drug-likeness (QED) is 0.527. The maximum Gasteiger partial charge on any atom is 0.160 e. The Morgan fingerprint density at radius 3 is 2.87 bits per heavy atom. The van der Waals surface area contributed by atoms with Gasteiger partial charge >= 0.3 is 0 Å². The molecule has 0 aliphatic heterocycles. The van der Waals surface area contributed by atoms with Crippen molar-refractivity contribution in [3.05, 3.63) is 23.7 Å². The van der Waals surface area contributed by atoms with Gasteiger partial charge in [-0.25, -0.2) is 9.97 Å². The summed E-state index contributed by atoms with van der Waals surface area (Å²) in [5.41, 5.74) is 0.706. The Morgan fingerprint density at radius 1 is 1.48 bits per heavy atom. The van der Waals surface area contributed by atoms with E-state index in [1.54, 1.807) is 13.8 Å². The number of fused-ring (bicyclic) bond motifs is 1. The minimum Gasteiger partial charge on any atom is -0.366 e. The third kappa shape index (κ3) is 2.98. The molecular weight excluding hydrogens is 318 g/mol. The fraction of sp³-hybridized carbons (Fsp3) is 0.562. The molecule has 0 radical (unpaired) electrons. The third-order valence-electron chi connectivity index (χ3n) is 4.50. The summed E-state index contributed by atoms with van der Waals surface area (Å²) in [6, 6.07) is 1.75. The number of carbonyl (C=O) groups is 1. The highest BCUT2D eigenvalue weighted by Gasteiger charge is 2.44. The van der Waals surface area contributed by atoms with Crippen molar-refractivity contribution in [2.24, 2.45) is 11.8 Å². The first-order valence-electron chi connectivity index (χ1n) is 7.64. The summed E-state index contributed by atoms with van der Waals surface area (Å²) < 4.78 is 7.80. The first kappa shape index (κ1) is 16.4. The molecule has 2 aromatic rings. The Labute approximate surface area is 139 Å². The van der Waals surface area contributed by atoms with Gasteiger partial charge in [-0.15, -0.1) is 0 Å². The fourth-order valence-corrected chi connectivity index (χ4v) is 3.69. The predicted octanol–water partition coefficient (Wildman–Crippen LogP) is 2.59. The predicted molar refractivity (Wildman–Crippen MR) is 86.1 cm³/mol. The van der Waals surface area contributed by atoms with E-state index < -0.39 is 5.79 Å². The molecule has 1 saturated carbocycles. The molecule has 1 N–H and O–H groups in total.